The summed E-state index contributed by atoms with van der Waals surface area (Å²) in [6, 6.07) is 0. The number of carbonyl (C=O) groups excluding carboxylic acids is 1. The Morgan fingerprint density at radius 3 is 3.33 bits per heavy atom. The summed E-state index contributed by atoms with van der Waals surface area (Å²) >= 11 is 1.71. The molecule has 1 unspecified atom stereocenters. The van der Waals surface area contributed by atoms with E-state index < -0.39 is 0 Å². The molecule has 0 spiro atoms. The van der Waals surface area contributed by atoms with Gasteiger partial charge in [0.05, 0.1) is 0 Å². The SMILES string of the molecule is O=[C]C1CCCSNC1. The zero-order valence-electron chi connectivity index (χ0n) is 5.22. The van der Waals surface area contributed by atoms with E-state index in [-0.39, 0.29) is 5.92 Å². The fourth-order valence-corrected chi connectivity index (χ4v) is 1.61. The number of nitrogens with one attached hydrogen (secondary N) is 1. The zero-order chi connectivity index (χ0) is 6.53. The molecule has 0 amide bonds. The average molecular weight is 144 g/mol. The van der Waals surface area contributed by atoms with Gasteiger partial charge in [-0.2, -0.15) is 0 Å². The first-order chi connectivity index (χ1) is 4.43. The molecule has 1 heterocycles. The van der Waals surface area contributed by atoms with Gasteiger partial charge in [-0.05, 0) is 12.8 Å². The van der Waals surface area contributed by atoms with Crippen LogP contribution in [0.1, 0.15) is 12.8 Å². The average Bonchev–Trinajstić information content (AvgIpc) is 2.13. The third kappa shape index (κ3) is 2.37. The van der Waals surface area contributed by atoms with Crippen molar-refractivity contribution < 1.29 is 4.79 Å². The third-order valence-corrected chi connectivity index (χ3v) is 2.26. The molecule has 0 saturated carbocycles. The lowest BCUT2D eigenvalue weighted by Crippen LogP contribution is -2.15. The van der Waals surface area contributed by atoms with Crippen LogP contribution in [0.25, 0.3) is 0 Å². The predicted molar refractivity (Wildman–Crippen MR) is 38.9 cm³/mol. The first-order valence-corrected chi connectivity index (χ1v) is 4.14. The smallest absolute Gasteiger partial charge is 0.203 e. The molecule has 0 aliphatic carbocycles. The fourth-order valence-electron chi connectivity index (χ4n) is 0.836. The predicted octanol–water partition coefficient (Wildman–Crippen LogP) is 0.744. The molecule has 0 aromatic carbocycles. The third-order valence-electron chi connectivity index (χ3n) is 1.40. The second kappa shape index (κ2) is 3.90. The molecule has 3 heteroatoms. The number of hydrogen-bond donors (Lipinski definition) is 1. The molecule has 1 aliphatic heterocycles. The van der Waals surface area contributed by atoms with E-state index in [1.165, 1.54) is 0 Å². The highest BCUT2D eigenvalue weighted by atomic mass is 32.2. The van der Waals surface area contributed by atoms with E-state index in [4.69, 9.17) is 0 Å². The number of rotatable bonds is 1. The van der Waals surface area contributed by atoms with Crippen molar-refractivity contribution in [3.05, 3.63) is 0 Å². The van der Waals surface area contributed by atoms with Crippen LogP contribution in [0.2, 0.25) is 0 Å². The lowest BCUT2D eigenvalue weighted by molar-refractivity contribution is 0.506. The molecular formula is C6H10NOS. The van der Waals surface area contributed by atoms with Crippen LogP contribution in [0.3, 0.4) is 0 Å². The maximum absolute atomic E-state index is 10.1. The topological polar surface area (TPSA) is 29.1 Å². The van der Waals surface area contributed by atoms with Gasteiger partial charge in [0.15, 0.2) is 0 Å². The van der Waals surface area contributed by atoms with Crippen LogP contribution in [-0.4, -0.2) is 18.6 Å². The standard InChI is InChI=1S/C6H10NOS/c8-5-6-2-1-3-9-7-4-6/h6-7H,1-4H2. The molecule has 1 fully saturated rings. The molecule has 1 rings (SSSR count). The van der Waals surface area contributed by atoms with Crippen molar-refractivity contribution in [2.45, 2.75) is 12.8 Å². The Kier molecular flexibility index (Phi) is 3.08. The molecule has 0 aromatic heterocycles. The van der Waals surface area contributed by atoms with Crippen molar-refractivity contribution in [2.24, 2.45) is 5.92 Å². The van der Waals surface area contributed by atoms with Gasteiger partial charge in [-0.1, -0.05) is 11.9 Å². The summed E-state index contributed by atoms with van der Waals surface area (Å²) in [6.07, 6.45) is 4.16. The Hall–Kier alpha value is -0.0200. The molecule has 1 saturated heterocycles. The van der Waals surface area contributed by atoms with Gasteiger partial charge in [0.25, 0.3) is 0 Å². The Labute approximate surface area is 59.5 Å². The zero-order valence-corrected chi connectivity index (χ0v) is 6.04. The Morgan fingerprint density at radius 2 is 2.56 bits per heavy atom. The van der Waals surface area contributed by atoms with Gasteiger partial charge in [0, 0.05) is 18.2 Å². The molecule has 1 radical (unpaired) electrons. The highest BCUT2D eigenvalue weighted by Crippen LogP contribution is 2.11. The maximum atomic E-state index is 10.1. The summed E-state index contributed by atoms with van der Waals surface area (Å²) in [6.45, 7) is 0.800. The van der Waals surface area contributed by atoms with Crippen molar-refractivity contribution in [1.82, 2.24) is 4.72 Å². The van der Waals surface area contributed by atoms with Gasteiger partial charge in [-0.15, -0.1) is 0 Å². The van der Waals surface area contributed by atoms with Crippen molar-refractivity contribution in [3.8, 4) is 0 Å². The van der Waals surface area contributed by atoms with E-state index in [1.54, 1.807) is 11.9 Å². The summed E-state index contributed by atoms with van der Waals surface area (Å²) < 4.78 is 3.10. The van der Waals surface area contributed by atoms with Crippen LogP contribution in [0, 0.1) is 5.92 Å². The highest BCUT2D eigenvalue weighted by molar-refractivity contribution is 7.97. The van der Waals surface area contributed by atoms with Crippen molar-refractivity contribution >= 4 is 18.2 Å². The molecule has 1 N–H and O–H groups in total. The molecular weight excluding hydrogens is 134 g/mol. The van der Waals surface area contributed by atoms with Crippen LogP contribution in [0.5, 0.6) is 0 Å². The van der Waals surface area contributed by atoms with Gasteiger partial charge < -0.3 is 0 Å². The minimum Gasteiger partial charge on any atom is -0.291 e. The van der Waals surface area contributed by atoms with Crippen LogP contribution >= 0.6 is 11.9 Å². The van der Waals surface area contributed by atoms with Gasteiger partial charge in [-0.3, -0.25) is 9.52 Å². The molecule has 0 aromatic rings. The van der Waals surface area contributed by atoms with Crippen LogP contribution in [-0.2, 0) is 4.79 Å². The molecule has 51 valence electrons. The quantitative estimate of drug-likeness (QED) is 0.550. The van der Waals surface area contributed by atoms with E-state index >= 15 is 0 Å². The highest BCUT2D eigenvalue weighted by Gasteiger charge is 2.10. The van der Waals surface area contributed by atoms with E-state index in [1.807, 2.05) is 6.29 Å². The first-order valence-electron chi connectivity index (χ1n) is 3.16. The van der Waals surface area contributed by atoms with E-state index in [9.17, 15) is 4.79 Å². The largest absolute Gasteiger partial charge is 0.291 e. The van der Waals surface area contributed by atoms with E-state index in [2.05, 4.69) is 4.72 Å². The van der Waals surface area contributed by atoms with Gasteiger partial charge >= 0.3 is 0 Å². The first kappa shape index (κ1) is 7.09. The van der Waals surface area contributed by atoms with Crippen molar-refractivity contribution in [1.29, 1.82) is 0 Å². The van der Waals surface area contributed by atoms with Crippen molar-refractivity contribution in [3.63, 3.8) is 0 Å². The second-order valence-corrected chi connectivity index (χ2v) is 3.14. The summed E-state index contributed by atoms with van der Waals surface area (Å²) in [5.41, 5.74) is 0. The summed E-state index contributed by atoms with van der Waals surface area (Å²) in [5.74, 6) is 1.26. The number of hydrogen-bond acceptors (Lipinski definition) is 3. The van der Waals surface area contributed by atoms with E-state index in [0.29, 0.717) is 0 Å². The van der Waals surface area contributed by atoms with Gasteiger partial charge in [0.2, 0.25) is 6.29 Å². The lowest BCUT2D eigenvalue weighted by Gasteiger charge is -2.00. The lowest BCUT2D eigenvalue weighted by atomic mass is 10.1. The molecule has 1 aliphatic rings. The van der Waals surface area contributed by atoms with E-state index in [0.717, 1.165) is 25.1 Å². The van der Waals surface area contributed by atoms with Crippen LogP contribution in [0.4, 0.5) is 0 Å². The van der Waals surface area contributed by atoms with Gasteiger partial charge in [0.1, 0.15) is 0 Å². The normalized spacial score (nSPS) is 29.1. The molecule has 1 atom stereocenters. The van der Waals surface area contributed by atoms with Crippen LogP contribution in [0.15, 0.2) is 0 Å². The minimum absolute atomic E-state index is 0.139. The summed E-state index contributed by atoms with van der Waals surface area (Å²) in [5, 5.41) is 0. The fraction of sp³-hybridized carbons (Fsp3) is 0.833. The molecule has 2 nitrogen and oxygen atoms in total. The van der Waals surface area contributed by atoms with Gasteiger partial charge in [-0.25, -0.2) is 0 Å². The minimum atomic E-state index is 0.139. The Balaban J connectivity index is 2.26. The van der Waals surface area contributed by atoms with Crippen molar-refractivity contribution in [2.75, 3.05) is 12.3 Å². The second-order valence-electron chi connectivity index (χ2n) is 2.15. The Bertz CT molecular complexity index is 89.1. The summed E-state index contributed by atoms with van der Waals surface area (Å²) in [4.78, 5) is 10.1. The maximum Gasteiger partial charge on any atom is 0.203 e. The molecule has 9 heavy (non-hydrogen) atoms. The molecule has 0 bridgehead atoms. The summed E-state index contributed by atoms with van der Waals surface area (Å²) in [7, 11) is 0. The van der Waals surface area contributed by atoms with Crippen LogP contribution < -0.4 is 4.72 Å². The monoisotopic (exact) mass is 144 g/mol. The Morgan fingerprint density at radius 1 is 1.67 bits per heavy atom.